The highest BCUT2D eigenvalue weighted by Gasteiger charge is 2.18. The summed E-state index contributed by atoms with van der Waals surface area (Å²) in [6.45, 7) is 5.79. The third-order valence-corrected chi connectivity index (χ3v) is 7.05. The van der Waals surface area contributed by atoms with Crippen LogP contribution in [-0.2, 0) is 0 Å². The Morgan fingerprint density at radius 2 is 1.71 bits per heavy atom. The first kappa shape index (κ1) is 24.3. The third kappa shape index (κ3) is 5.14. The van der Waals surface area contributed by atoms with E-state index in [0.29, 0.717) is 17.3 Å². The van der Waals surface area contributed by atoms with Crippen molar-refractivity contribution in [2.45, 2.75) is 32.9 Å². The molecule has 182 valence electrons. The van der Waals surface area contributed by atoms with Gasteiger partial charge in [0, 0.05) is 21.2 Å². The second-order valence-corrected chi connectivity index (χ2v) is 9.29. The molecule has 0 saturated carbocycles. The van der Waals surface area contributed by atoms with Gasteiger partial charge in [-0.25, -0.2) is 14.8 Å². The lowest BCUT2D eigenvalue weighted by Gasteiger charge is -2.17. The molecule has 9 heteroatoms. The summed E-state index contributed by atoms with van der Waals surface area (Å²) in [6.07, 6.45) is -1.04. The van der Waals surface area contributed by atoms with Gasteiger partial charge in [-0.2, -0.15) is 0 Å². The summed E-state index contributed by atoms with van der Waals surface area (Å²) in [4.78, 5) is 22.5. The van der Waals surface area contributed by atoms with Crippen molar-refractivity contribution in [1.29, 1.82) is 0 Å². The number of rotatable bonds is 8. The highest BCUT2D eigenvalue weighted by atomic mass is 32.1. The van der Waals surface area contributed by atoms with Crippen molar-refractivity contribution in [2.75, 3.05) is 19.5 Å². The predicted octanol–water partition coefficient (Wildman–Crippen LogP) is 6.19. The topological polar surface area (TPSA) is 106 Å². The first-order valence-corrected chi connectivity index (χ1v) is 12.0. The molecule has 0 aliphatic heterocycles. The van der Waals surface area contributed by atoms with E-state index in [4.69, 9.17) is 14.6 Å². The van der Waals surface area contributed by atoms with E-state index in [1.807, 2.05) is 50.2 Å². The summed E-state index contributed by atoms with van der Waals surface area (Å²) in [5.74, 6) is 2.60. The Balaban J connectivity index is 1.65. The molecule has 2 unspecified atom stereocenters. The lowest BCUT2D eigenvalue weighted by atomic mass is 10.0. The number of anilines is 1. The van der Waals surface area contributed by atoms with Crippen molar-refractivity contribution in [3.63, 3.8) is 0 Å². The molecule has 0 aliphatic rings. The Hall–Kier alpha value is -3.85. The molecule has 4 aromatic rings. The number of benzene rings is 2. The molecule has 8 nitrogen and oxygen atoms in total. The molecule has 3 N–H and O–H groups in total. The van der Waals surface area contributed by atoms with Gasteiger partial charge >= 0.3 is 6.09 Å². The second kappa shape index (κ2) is 10.2. The number of carboxylic acid groups (broad SMARTS) is 1. The number of hydrogen-bond acceptors (Lipinski definition) is 7. The fourth-order valence-corrected chi connectivity index (χ4v) is 5.11. The standard InChI is InChI=1S/C26H28N4O4S/c1-14(28-26(31)32)17-8-6-7-9-18(17)24-11-10-23(35-24)15(2)27-25-19-12-21(33-4)22(34-5)13-20(19)29-16(3)30-25/h6-15,28H,1-5H3,(H,31,32)(H,27,29,30). The molecule has 35 heavy (non-hydrogen) atoms. The number of carbonyl (C=O) groups is 1. The van der Waals surface area contributed by atoms with Crippen LogP contribution in [0.15, 0.2) is 48.5 Å². The number of hydrogen-bond donors (Lipinski definition) is 3. The molecule has 0 saturated heterocycles. The van der Waals surface area contributed by atoms with Gasteiger partial charge in [0.2, 0.25) is 0 Å². The summed E-state index contributed by atoms with van der Waals surface area (Å²) in [5.41, 5.74) is 2.71. The lowest BCUT2D eigenvalue weighted by molar-refractivity contribution is 0.191. The van der Waals surface area contributed by atoms with Crippen LogP contribution in [0.3, 0.4) is 0 Å². The van der Waals surface area contributed by atoms with E-state index in [1.54, 1.807) is 25.6 Å². The van der Waals surface area contributed by atoms with E-state index in [0.717, 1.165) is 37.6 Å². The number of nitrogens with zero attached hydrogens (tertiary/aromatic N) is 2. The van der Waals surface area contributed by atoms with Gasteiger partial charge in [0.1, 0.15) is 11.6 Å². The van der Waals surface area contributed by atoms with Gasteiger partial charge in [0.05, 0.1) is 31.8 Å². The first-order valence-electron chi connectivity index (χ1n) is 11.2. The van der Waals surface area contributed by atoms with Gasteiger partial charge in [0.15, 0.2) is 11.5 Å². The molecule has 2 atom stereocenters. The zero-order valence-electron chi connectivity index (χ0n) is 20.2. The molecule has 1 amide bonds. The van der Waals surface area contributed by atoms with Crippen LogP contribution in [0.1, 0.15) is 42.2 Å². The molecule has 0 radical (unpaired) electrons. The maximum atomic E-state index is 11.1. The third-order valence-electron chi connectivity index (χ3n) is 5.75. The summed E-state index contributed by atoms with van der Waals surface area (Å²) in [6, 6.07) is 15.4. The number of nitrogens with one attached hydrogen (secondary N) is 2. The summed E-state index contributed by atoms with van der Waals surface area (Å²) >= 11 is 1.66. The number of ether oxygens (including phenoxy) is 2. The van der Waals surface area contributed by atoms with Crippen LogP contribution in [-0.4, -0.2) is 35.4 Å². The Labute approximate surface area is 208 Å². The van der Waals surface area contributed by atoms with Crippen LogP contribution < -0.4 is 20.1 Å². The van der Waals surface area contributed by atoms with Gasteiger partial charge in [-0.1, -0.05) is 24.3 Å². The minimum atomic E-state index is -1.04. The molecule has 2 aromatic heterocycles. The van der Waals surface area contributed by atoms with Crippen LogP contribution in [0.5, 0.6) is 11.5 Å². The van der Waals surface area contributed by atoms with Crippen LogP contribution in [0, 0.1) is 6.92 Å². The zero-order chi connectivity index (χ0) is 25.1. The molecule has 2 aromatic carbocycles. The predicted molar refractivity (Wildman–Crippen MR) is 139 cm³/mol. The number of amides is 1. The van der Waals surface area contributed by atoms with Crippen LogP contribution in [0.25, 0.3) is 21.3 Å². The molecule has 0 aliphatic carbocycles. The van der Waals surface area contributed by atoms with Gasteiger partial charge in [-0.05, 0) is 50.1 Å². The van der Waals surface area contributed by atoms with Crippen molar-refractivity contribution in [2.24, 2.45) is 0 Å². The number of fused-ring (bicyclic) bond motifs is 1. The Morgan fingerprint density at radius 3 is 2.43 bits per heavy atom. The van der Waals surface area contributed by atoms with E-state index in [1.165, 1.54) is 0 Å². The highest BCUT2D eigenvalue weighted by molar-refractivity contribution is 7.15. The first-order chi connectivity index (χ1) is 16.8. The number of aromatic nitrogens is 2. The van der Waals surface area contributed by atoms with Crippen molar-refractivity contribution in [3.05, 3.63) is 64.8 Å². The van der Waals surface area contributed by atoms with E-state index in [9.17, 15) is 4.79 Å². The van der Waals surface area contributed by atoms with Crippen LogP contribution in [0.4, 0.5) is 10.6 Å². The molecule has 0 bridgehead atoms. The second-order valence-electron chi connectivity index (χ2n) is 8.17. The summed E-state index contributed by atoms with van der Waals surface area (Å²) in [7, 11) is 3.20. The fraction of sp³-hybridized carbons (Fsp3) is 0.269. The lowest BCUT2D eigenvalue weighted by Crippen LogP contribution is -2.24. The molecule has 0 fully saturated rings. The number of methoxy groups -OCH3 is 2. The van der Waals surface area contributed by atoms with Gasteiger partial charge in [-0.3, -0.25) is 0 Å². The monoisotopic (exact) mass is 492 g/mol. The molecule has 2 heterocycles. The van der Waals surface area contributed by atoms with Crippen molar-refractivity contribution in [3.8, 4) is 21.9 Å². The Morgan fingerprint density at radius 1 is 1.00 bits per heavy atom. The van der Waals surface area contributed by atoms with E-state index >= 15 is 0 Å². The number of aryl methyl sites for hydroxylation is 1. The van der Waals surface area contributed by atoms with E-state index < -0.39 is 6.09 Å². The molecular formula is C26H28N4O4S. The fourth-order valence-electron chi connectivity index (χ4n) is 4.05. The van der Waals surface area contributed by atoms with Crippen LogP contribution >= 0.6 is 11.3 Å². The minimum Gasteiger partial charge on any atom is -0.493 e. The molecule has 0 spiro atoms. The maximum absolute atomic E-state index is 11.1. The van der Waals surface area contributed by atoms with Crippen molar-refractivity contribution < 1.29 is 19.4 Å². The highest BCUT2D eigenvalue weighted by Crippen LogP contribution is 2.38. The largest absolute Gasteiger partial charge is 0.493 e. The summed E-state index contributed by atoms with van der Waals surface area (Å²) < 4.78 is 10.9. The normalized spacial score (nSPS) is 12.7. The Kier molecular flexibility index (Phi) is 7.07. The molecule has 4 rings (SSSR count). The van der Waals surface area contributed by atoms with Crippen molar-refractivity contribution in [1.82, 2.24) is 15.3 Å². The van der Waals surface area contributed by atoms with Crippen molar-refractivity contribution >= 4 is 34.2 Å². The molecular weight excluding hydrogens is 464 g/mol. The zero-order valence-corrected chi connectivity index (χ0v) is 21.1. The van der Waals surface area contributed by atoms with Gasteiger partial charge in [0.25, 0.3) is 0 Å². The SMILES string of the molecule is COc1cc2nc(C)nc(NC(C)c3ccc(-c4ccccc4C(C)NC(=O)O)s3)c2cc1OC. The summed E-state index contributed by atoms with van der Waals surface area (Å²) in [5, 5.41) is 16.1. The van der Waals surface area contributed by atoms with Gasteiger partial charge in [-0.15, -0.1) is 11.3 Å². The Bertz CT molecular complexity index is 1370. The maximum Gasteiger partial charge on any atom is 0.405 e. The number of thiophene rings is 1. The van der Waals surface area contributed by atoms with Gasteiger partial charge < -0.3 is 25.2 Å². The average molecular weight is 493 g/mol. The minimum absolute atomic E-state index is 0.0268. The smallest absolute Gasteiger partial charge is 0.405 e. The quantitative estimate of drug-likeness (QED) is 0.269. The van der Waals surface area contributed by atoms with E-state index in [2.05, 4.69) is 39.7 Å². The van der Waals surface area contributed by atoms with E-state index in [-0.39, 0.29) is 12.1 Å². The van der Waals surface area contributed by atoms with Crippen LogP contribution in [0.2, 0.25) is 0 Å². The average Bonchev–Trinajstić information content (AvgIpc) is 3.33.